The molecule has 158 valence electrons. The molecule has 2 aliphatic rings. The number of nitrogens with zero attached hydrogens (tertiary/aromatic N) is 2. The van der Waals surface area contributed by atoms with Gasteiger partial charge in [0.05, 0.1) is 18.7 Å². The molecule has 1 aromatic rings. The van der Waals surface area contributed by atoms with Crippen LogP contribution in [0.25, 0.3) is 6.08 Å². The van der Waals surface area contributed by atoms with Crippen LogP contribution in [0.3, 0.4) is 0 Å². The molecule has 5 nitrogen and oxygen atoms in total. The van der Waals surface area contributed by atoms with Crippen molar-refractivity contribution in [3.63, 3.8) is 0 Å². The molecule has 0 radical (unpaired) electrons. The number of carbonyl (C=O) groups excluding carboxylic acids is 2. The normalized spacial score (nSPS) is 24.3. The molecule has 3 rings (SSSR count). The van der Waals surface area contributed by atoms with E-state index in [-0.39, 0.29) is 42.3 Å². The van der Waals surface area contributed by atoms with Gasteiger partial charge in [-0.05, 0) is 37.8 Å². The van der Waals surface area contributed by atoms with Crippen molar-refractivity contribution in [2.75, 3.05) is 19.7 Å². The van der Waals surface area contributed by atoms with Gasteiger partial charge in [0.15, 0.2) is 0 Å². The van der Waals surface area contributed by atoms with Crippen molar-refractivity contribution in [1.82, 2.24) is 9.80 Å². The Kier molecular flexibility index (Phi) is 7.12. The molecule has 0 spiro atoms. The largest absolute Gasteiger partial charge is 0.394 e. The molecule has 3 atom stereocenters. The van der Waals surface area contributed by atoms with E-state index in [0.29, 0.717) is 19.5 Å². The molecule has 1 saturated carbocycles. The van der Waals surface area contributed by atoms with Crippen molar-refractivity contribution in [2.45, 2.75) is 64.5 Å². The van der Waals surface area contributed by atoms with Crippen LogP contribution < -0.4 is 0 Å². The lowest BCUT2D eigenvalue weighted by atomic mass is 9.72. The summed E-state index contributed by atoms with van der Waals surface area (Å²) < 4.78 is 0. The average Bonchev–Trinajstić information content (AvgIpc) is 2.67. The second-order valence-electron chi connectivity index (χ2n) is 8.17. The van der Waals surface area contributed by atoms with Crippen LogP contribution in [0.15, 0.2) is 30.3 Å². The minimum Gasteiger partial charge on any atom is -0.394 e. The molecule has 1 aromatic carbocycles. The molecule has 2 amide bonds. The van der Waals surface area contributed by atoms with E-state index < -0.39 is 0 Å². The second kappa shape index (κ2) is 9.57. The number of likely N-dealkylation sites (N-methyl/N-ethyl adjacent to an activating group) is 1. The number of rotatable bonds is 8. The Hall–Kier alpha value is -2.14. The third-order valence-electron chi connectivity index (χ3n) is 6.56. The van der Waals surface area contributed by atoms with Crippen LogP contribution in [0.2, 0.25) is 0 Å². The molecular weight excluding hydrogens is 364 g/mol. The molecule has 1 saturated heterocycles. The summed E-state index contributed by atoms with van der Waals surface area (Å²) >= 11 is 0. The first-order valence-electron chi connectivity index (χ1n) is 11.0. The van der Waals surface area contributed by atoms with Gasteiger partial charge in [-0.15, -0.1) is 0 Å². The van der Waals surface area contributed by atoms with Crippen molar-refractivity contribution in [1.29, 1.82) is 0 Å². The number of hydrogen-bond acceptors (Lipinski definition) is 3. The highest BCUT2D eigenvalue weighted by molar-refractivity contribution is 5.82. The predicted octanol–water partition coefficient (Wildman–Crippen LogP) is 3.43. The van der Waals surface area contributed by atoms with Crippen LogP contribution in [-0.4, -0.2) is 58.5 Å². The smallest absolute Gasteiger partial charge is 0.226 e. The zero-order valence-corrected chi connectivity index (χ0v) is 17.9. The van der Waals surface area contributed by atoms with Gasteiger partial charge in [0.1, 0.15) is 0 Å². The number of likely N-dealkylation sites (tertiary alicyclic amines) is 1. The first-order valence-corrected chi connectivity index (χ1v) is 11.0. The number of carbonyl (C=O) groups is 2. The third-order valence-corrected chi connectivity index (χ3v) is 6.56. The molecule has 2 fully saturated rings. The van der Waals surface area contributed by atoms with Crippen LogP contribution in [0.1, 0.15) is 63.5 Å². The number of amides is 2. The summed E-state index contributed by atoms with van der Waals surface area (Å²) in [7, 11) is 0. The zero-order valence-electron chi connectivity index (χ0n) is 17.9. The zero-order chi connectivity index (χ0) is 21.0. The Bertz CT molecular complexity index is 739. The fourth-order valence-corrected chi connectivity index (χ4v) is 4.67. The van der Waals surface area contributed by atoms with E-state index in [1.54, 1.807) is 0 Å². The van der Waals surface area contributed by atoms with E-state index in [0.717, 1.165) is 30.4 Å². The Morgan fingerprint density at radius 3 is 2.34 bits per heavy atom. The van der Waals surface area contributed by atoms with Gasteiger partial charge in [-0.2, -0.15) is 0 Å². The maximum Gasteiger partial charge on any atom is 0.226 e. The molecular formula is C24H34N2O3. The van der Waals surface area contributed by atoms with E-state index in [1.807, 2.05) is 36.6 Å². The van der Waals surface area contributed by atoms with Crippen LogP contribution in [0.5, 0.6) is 0 Å². The molecule has 1 aliphatic heterocycles. The van der Waals surface area contributed by atoms with E-state index in [4.69, 9.17) is 0 Å². The molecule has 0 aromatic heterocycles. The standard InChI is InChI=1S/C24H34N2O3/c1-4-8-17-11-13-18(14-12-17)23-20(15-25(6-3)22(28)5-2)26(21(23)16-27)24(29)19-9-7-10-19/h4,8,11-14,19-21,23,27H,5-7,9-10,15-16H2,1-3H3/b8-4+/t20-,21-,23-/m1/s1. The summed E-state index contributed by atoms with van der Waals surface area (Å²) in [5, 5.41) is 10.1. The topological polar surface area (TPSA) is 60.9 Å². The summed E-state index contributed by atoms with van der Waals surface area (Å²) in [6.45, 7) is 6.95. The lowest BCUT2D eigenvalue weighted by Crippen LogP contribution is -2.70. The van der Waals surface area contributed by atoms with Crippen molar-refractivity contribution in [2.24, 2.45) is 5.92 Å². The lowest BCUT2D eigenvalue weighted by molar-refractivity contribution is -0.161. The Labute approximate surface area is 174 Å². The monoisotopic (exact) mass is 398 g/mol. The van der Waals surface area contributed by atoms with Gasteiger partial charge in [-0.25, -0.2) is 0 Å². The molecule has 1 N–H and O–H groups in total. The molecule has 1 aliphatic carbocycles. The number of hydrogen-bond donors (Lipinski definition) is 1. The van der Waals surface area contributed by atoms with E-state index in [1.165, 1.54) is 0 Å². The Balaban J connectivity index is 1.88. The van der Waals surface area contributed by atoms with Gasteiger partial charge >= 0.3 is 0 Å². The summed E-state index contributed by atoms with van der Waals surface area (Å²) in [4.78, 5) is 29.2. The van der Waals surface area contributed by atoms with Crippen molar-refractivity contribution >= 4 is 17.9 Å². The summed E-state index contributed by atoms with van der Waals surface area (Å²) in [5.41, 5.74) is 2.26. The van der Waals surface area contributed by atoms with Gasteiger partial charge < -0.3 is 14.9 Å². The van der Waals surface area contributed by atoms with Crippen LogP contribution in [-0.2, 0) is 9.59 Å². The molecule has 0 unspecified atom stereocenters. The number of aliphatic hydroxyl groups excluding tert-OH is 1. The minimum absolute atomic E-state index is 0.0439. The Morgan fingerprint density at radius 1 is 1.17 bits per heavy atom. The molecule has 1 heterocycles. The SMILES string of the molecule is C/C=C/c1ccc([C@H]2[C@@H](CO)N(C(=O)C3CCC3)[C@@H]2CN(CC)C(=O)CC)cc1. The van der Waals surface area contributed by atoms with Gasteiger partial charge in [-0.3, -0.25) is 9.59 Å². The van der Waals surface area contributed by atoms with Gasteiger partial charge in [0.2, 0.25) is 11.8 Å². The highest BCUT2D eigenvalue weighted by Crippen LogP contribution is 2.44. The second-order valence-corrected chi connectivity index (χ2v) is 8.17. The van der Waals surface area contributed by atoms with Crippen LogP contribution in [0, 0.1) is 5.92 Å². The highest BCUT2D eigenvalue weighted by Gasteiger charge is 2.53. The summed E-state index contributed by atoms with van der Waals surface area (Å²) in [6.07, 6.45) is 7.50. The fourth-order valence-electron chi connectivity index (χ4n) is 4.67. The van der Waals surface area contributed by atoms with Crippen molar-refractivity contribution in [3.8, 4) is 0 Å². The van der Waals surface area contributed by atoms with Crippen LogP contribution in [0.4, 0.5) is 0 Å². The first-order chi connectivity index (χ1) is 14.0. The predicted molar refractivity (Wildman–Crippen MR) is 115 cm³/mol. The number of aliphatic hydroxyl groups is 1. The van der Waals surface area contributed by atoms with Crippen LogP contribution >= 0.6 is 0 Å². The fraction of sp³-hybridized carbons (Fsp3) is 0.583. The summed E-state index contributed by atoms with van der Waals surface area (Å²) in [5.74, 6) is 0.393. The van der Waals surface area contributed by atoms with E-state index in [2.05, 4.69) is 30.3 Å². The number of benzene rings is 1. The molecule has 5 heteroatoms. The quantitative estimate of drug-likeness (QED) is 0.730. The number of allylic oxidation sites excluding steroid dienone is 1. The first kappa shape index (κ1) is 21.6. The lowest BCUT2D eigenvalue weighted by Gasteiger charge is -2.57. The molecule has 0 bridgehead atoms. The minimum atomic E-state index is -0.212. The maximum atomic E-state index is 13.1. The average molecular weight is 399 g/mol. The molecule has 29 heavy (non-hydrogen) atoms. The van der Waals surface area contributed by atoms with Gasteiger partial charge in [-0.1, -0.05) is 49.8 Å². The van der Waals surface area contributed by atoms with Crippen molar-refractivity contribution < 1.29 is 14.7 Å². The van der Waals surface area contributed by atoms with Crippen molar-refractivity contribution in [3.05, 3.63) is 41.5 Å². The third kappa shape index (κ3) is 4.25. The van der Waals surface area contributed by atoms with E-state index >= 15 is 0 Å². The van der Waals surface area contributed by atoms with Gasteiger partial charge in [0, 0.05) is 31.3 Å². The maximum absolute atomic E-state index is 13.1. The van der Waals surface area contributed by atoms with E-state index in [9.17, 15) is 14.7 Å². The van der Waals surface area contributed by atoms with Gasteiger partial charge in [0.25, 0.3) is 0 Å². The highest BCUT2D eigenvalue weighted by atomic mass is 16.3. The summed E-state index contributed by atoms with van der Waals surface area (Å²) in [6, 6.07) is 8.05. The Morgan fingerprint density at radius 2 is 1.86 bits per heavy atom.